The molecule has 1 aliphatic carbocycles. The normalized spacial score (nSPS) is 56.0. The van der Waals surface area contributed by atoms with Crippen LogP contribution >= 0.6 is 0 Å². The van der Waals surface area contributed by atoms with Crippen molar-refractivity contribution in [3.63, 3.8) is 0 Å². The van der Waals surface area contributed by atoms with E-state index in [1.807, 2.05) is 0 Å². The summed E-state index contributed by atoms with van der Waals surface area (Å²) in [5.74, 6) is -1.18. The predicted octanol–water partition coefficient (Wildman–Crippen LogP) is 2.22. The van der Waals surface area contributed by atoms with Gasteiger partial charge in [-0.15, -0.1) is 0 Å². The van der Waals surface area contributed by atoms with E-state index in [2.05, 4.69) is 6.92 Å². The van der Waals surface area contributed by atoms with Crippen LogP contribution in [0.3, 0.4) is 0 Å². The van der Waals surface area contributed by atoms with Crippen molar-refractivity contribution in [1.82, 2.24) is 0 Å². The summed E-state index contributed by atoms with van der Waals surface area (Å²) >= 11 is 0. The van der Waals surface area contributed by atoms with E-state index in [9.17, 15) is 15.2 Å². The van der Waals surface area contributed by atoms with Crippen LogP contribution in [0.1, 0.15) is 53.4 Å². The number of aliphatic hydroxyl groups excluding tert-OH is 1. The average molecular weight is 357 g/mol. The van der Waals surface area contributed by atoms with Crippen LogP contribution in [0, 0.1) is 33.8 Å². The maximum absolute atomic E-state index is 12.0. The van der Waals surface area contributed by atoms with Gasteiger partial charge in [0, 0.05) is 12.3 Å². The molecule has 0 radical (unpaired) electrons. The third-order valence-corrected chi connectivity index (χ3v) is 7.21. The van der Waals surface area contributed by atoms with Crippen molar-refractivity contribution >= 4 is 0 Å². The highest BCUT2D eigenvalue weighted by Crippen LogP contribution is 2.62. The van der Waals surface area contributed by atoms with Gasteiger partial charge in [-0.05, 0) is 44.9 Å². The lowest BCUT2D eigenvalue weighted by Crippen LogP contribution is -2.76. The Hall–Kier alpha value is -0.800. The zero-order chi connectivity index (χ0) is 18.2. The summed E-state index contributed by atoms with van der Waals surface area (Å²) in [4.78, 5) is 23.1. The molecule has 4 heterocycles. The first-order chi connectivity index (χ1) is 11.7. The summed E-state index contributed by atoms with van der Waals surface area (Å²) in [6.07, 6.45) is 1.02. The molecule has 4 saturated heterocycles. The standard InChI is InChI=1S/C17H27NO7/c1-9-5-6-13-10(2)17(11(3)19,18(20)21)23-14-16(13)12(9)7-8-15(4,22-14)24-25-16/h9-14,19H,5-8H2,1-4H3/t9-,10-,11?,12+,13+,14+,15+,16-,17-/m1/s1. The molecule has 5 rings (SSSR count). The second kappa shape index (κ2) is 5.36. The molecule has 142 valence electrons. The van der Waals surface area contributed by atoms with Crippen LogP contribution in [0.15, 0.2) is 0 Å². The fourth-order valence-corrected chi connectivity index (χ4v) is 5.79. The van der Waals surface area contributed by atoms with Gasteiger partial charge >= 0.3 is 5.72 Å². The van der Waals surface area contributed by atoms with Crippen molar-refractivity contribution in [2.24, 2.45) is 23.7 Å². The van der Waals surface area contributed by atoms with Gasteiger partial charge in [0.05, 0.1) is 10.8 Å². The quantitative estimate of drug-likeness (QED) is 0.459. The van der Waals surface area contributed by atoms with Crippen LogP contribution in [-0.2, 0) is 19.2 Å². The molecule has 2 bridgehead atoms. The van der Waals surface area contributed by atoms with Gasteiger partial charge in [0.2, 0.25) is 12.1 Å². The summed E-state index contributed by atoms with van der Waals surface area (Å²) in [6, 6.07) is 0. The van der Waals surface area contributed by atoms with Gasteiger partial charge in [-0.3, -0.25) is 14.9 Å². The lowest BCUT2D eigenvalue weighted by Gasteiger charge is -2.61. The SMILES string of the molecule is CC(O)[C@]1([N+](=O)[O-])O[C@@H]2O[C@]3(C)CC[C@H]4[C@H](C)CC[C@@H]([C@H]1C)[C@@]24OO3. The van der Waals surface area contributed by atoms with E-state index >= 15 is 0 Å². The fourth-order valence-electron chi connectivity index (χ4n) is 5.79. The van der Waals surface area contributed by atoms with Crippen LogP contribution in [0.2, 0.25) is 0 Å². The summed E-state index contributed by atoms with van der Waals surface area (Å²) in [7, 11) is 0. The maximum atomic E-state index is 12.0. The molecular formula is C17H27NO7. The minimum atomic E-state index is -1.91. The second-order valence-corrected chi connectivity index (χ2v) is 8.50. The minimum Gasteiger partial charge on any atom is -0.383 e. The Morgan fingerprint density at radius 2 is 1.88 bits per heavy atom. The third-order valence-electron chi connectivity index (χ3n) is 7.21. The van der Waals surface area contributed by atoms with Crippen molar-refractivity contribution in [2.75, 3.05) is 0 Å². The van der Waals surface area contributed by atoms with Crippen molar-refractivity contribution in [2.45, 2.75) is 82.9 Å². The first-order valence-electron chi connectivity index (χ1n) is 9.22. The smallest absolute Gasteiger partial charge is 0.355 e. The molecular weight excluding hydrogens is 330 g/mol. The highest BCUT2D eigenvalue weighted by molar-refractivity contribution is 5.11. The minimum absolute atomic E-state index is 0.141. The summed E-state index contributed by atoms with van der Waals surface area (Å²) in [5, 5.41) is 22.3. The van der Waals surface area contributed by atoms with Gasteiger partial charge in [0.25, 0.3) is 0 Å². The largest absolute Gasteiger partial charge is 0.383 e. The molecule has 0 amide bonds. The van der Waals surface area contributed by atoms with E-state index in [1.165, 1.54) is 6.92 Å². The van der Waals surface area contributed by atoms with Crippen molar-refractivity contribution in [3.8, 4) is 0 Å². The first-order valence-corrected chi connectivity index (χ1v) is 9.22. The summed E-state index contributed by atoms with van der Waals surface area (Å²) in [6.45, 7) is 7.15. The molecule has 1 N–H and O–H groups in total. The molecule has 5 aliphatic rings. The van der Waals surface area contributed by atoms with Crippen molar-refractivity contribution in [1.29, 1.82) is 0 Å². The summed E-state index contributed by atoms with van der Waals surface area (Å²) in [5.41, 5.74) is -2.77. The lowest BCUT2D eigenvalue weighted by molar-refractivity contribution is -0.698. The topological polar surface area (TPSA) is 100 Å². The number of hydrogen-bond donors (Lipinski definition) is 1. The van der Waals surface area contributed by atoms with E-state index in [0.717, 1.165) is 19.3 Å². The Morgan fingerprint density at radius 3 is 2.52 bits per heavy atom. The fraction of sp³-hybridized carbons (Fsp3) is 1.00. The molecule has 1 spiro atoms. The Balaban J connectivity index is 1.86. The Kier molecular flexibility index (Phi) is 3.77. The highest BCUT2D eigenvalue weighted by Gasteiger charge is 2.76. The molecule has 8 heteroatoms. The molecule has 4 aliphatic heterocycles. The Bertz CT molecular complexity index is 585. The Morgan fingerprint density at radius 1 is 1.16 bits per heavy atom. The number of rotatable bonds is 2. The molecule has 0 aromatic carbocycles. The number of hydrogen-bond acceptors (Lipinski definition) is 7. The highest BCUT2D eigenvalue weighted by atomic mass is 17.3. The Labute approximate surface area is 146 Å². The molecule has 1 saturated carbocycles. The number of ether oxygens (including phenoxy) is 2. The molecule has 1 unspecified atom stereocenters. The molecule has 0 aromatic heterocycles. The average Bonchev–Trinajstić information content (AvgIpc) is 2.76. The van der Waals surface area contributed by atoms with E-state index in [0.29, 0.717) is 12.3 Å². The predicted molar refractivity (Wildman–Crippen MR) is 84.4 cm³/mol. The van der Waals surface area contributed by atoms with E-state index in [-0.39, 0.29) is 11.8 Å². The molecule has 25 heavy (non-hydrogen) atoms. The monoisotopic (exact) mass is 357 g/mol. The zero-order valence-electron chi connectivity index (χ0n) is 15.1. The molecule has 8 nitrogen and oxygen atoms in total. The van der Waals surface area contributed by atoms with Gasteiger partial charge in [-0.2, -0.15) is 0 Å². The van der Waals surface area contributed by atoms with Crippen LogP contribution in [-0.4, -0.2) is 39.5 Å². The maximum Gasteiger partial charge on any atom is 0.355 e. The van der Waals surface area contributed by atoms with Gasteiger partial charge in [0.1, 0.15) is 6.10 Å². The van der Waals surface area contributed by atoms with Gasteiger partial charge in [-0.1, -0.05) is 13.8 Å². The van der Waals surface area contributed by atoms with Crippen LogP contribution in [0.5, 0.6) is 0 Å². The first kappa shape index (κ1) is 17.6. The lowest BCUT2D eigenvalue weighted by atomic mass is 9.56. The zero-order valence-corrected chi connectivity index (χ0v) is 15.1. The van der Waals surface area contributed by atoms with E-state index < -0.39 is 40.3 Å². The van der Waals surface area contributed by atoms with Gasteiger partial charge < -0.3 is 9.84 Å². The molecule has 5 fully saturated rings. The van der Waals surface area contributed by atoms with Crippen molar-refractivity contribution in [3.05, 3.63) is 10.1 Å². The van der Waals surface area contributed by atoms with Gasteiger partial charge in [-0.25, -0.2) is 9.78 Å². The number of aliphatic hydroxyl groups is 1. The molecule has 0 aromatic rings. The second-order valence-electron chi connectivity index (χ2n) is 8.50. The van der Waals surface area contributed by atoms with Crippen LogP contribution in [0.4, 0.5) is 0 Å². The van der Waals surface area contributed by atoms with Crippen molar-refractivity contribution < 1.29 is 29.3 Å². The number of nitrogens with zero attached hydrogens (tertiary/aromatic N) is 1. The van der Waals surface area contributed by atoms with Crippen LogP contribution in [0.25, 0.3) is 0 Å². The van der Waals surface area contributed by atoms with E-state index in [1.54, 1.807) is 13.8 Å². The van der Waals surface area contributed by atoms with E-state index in [4.69, 9.17) is 19.2 Å². The van der Waals surface area contributed by atoms with Crippen LogP contribution < -0.4 is 0 Å². The van der Waals surface area contributed by atoms with Gasteiger partial charge in [0.15, 0.2) is 5.60 Å². The molecule has 9 atom stereocenters. The summed E-state index contributed by atoms with van der Waals surface area (Å²) < 4.78 is 12.1. The number of nitro groups is 1. The number of fused-ring (bicyclic) bond motifs is 2. The third kappa shape index (κ3) is 2.06.